The highest BCUT2D eigenvalue weighted by Crippen LogP contribution is 2.29. The number of phenols is 1. The minimum absolute atomic E-state index is 0.313. The molecule has 15 heavy (non-hydrogen) atoms. The van der Waals surface area contributed by atoms with Gasteiger partial charge in [-0.05, 0) is 18.2 Å². The lowest BCUT2D eigenvalue weighted by Gasteiger charge is -1.97. The highest BCUT2D eigenvalue weighted by atomic mass is 16.3. The number of aryl methyl sites for hydroxylation is 1. The summed E-state index contributed by atoms with van der Waals surface area (Å²) in [6.45, 7) is 0. The average molecular weight is 197 g/mol. The summed E-state index contributed by atoms with van der Waals surface area (Å²) in [6, 6.07) is 13.8. The van der Waals surface area contributed by atoms with Crippen LogP contribution in [0.5, 0.6) is 5.75 Å². The van der Waals surface area contributed by atoms with E-state index in [1.807, 2.05) is 25.2 Å². The summed E-state index contributed by atoms with van der Waals surface area (Å²) in [6.07, 6.45) is 0. The van der Waals surface area contributed by atoms with Gasteiger partial charge < -0.3 is 9.67 Å². The zero-order chi connectivity index (χ0) is 10.4. The fourth-order valence-corrected chi connectivity index (χ4v) is 2.15. The fraction of sp³-hybridized carbons (Fsp3) is 0.0769. The summed E-state index contributed by atoms with van der Waals surface area (Å²) in [5, 5.41) is 11.9. The summed E-state index contributed by atoms with van der Waals surface area (Å²) >= 11 is 0. The number of aromatic hydroxyl groups is 1. The van der Waals surface area contributed by atoms with Crippen molar-refractivity contribution < 1.29 is 5.11 Å². The van der Waals surface area contributed by atoms with E-state index in [4.69, 9.17) is 0 Å². The largest absolute Gasteiger partial charge is 0.508 e. The Labute approximate surface area is 87.4 Å². The van der Waals surface area contributed by atoms with E-state index in [1.165, 1.54) is 16.3 Å². The van der Waals surface area contributed by atoms with Crippen molar-refractivity contribution in [3.63, 3.8) is 0 Å². The van der Waals surface area contributed by atoms with Gasteiger partial charge in [-0.2, -0.15) is 0 Å². The van der Waals surface area contributed by atoms with Crippen molar-refractivity contribution in [2.75, 3.05) is 0 Å². The van der Waals surface area contributed by atoms with E-state index in [0.717, 1.165) is 5.52 Å². The van der Waals surface area contributed by atoms with E-state index in [-0.39, 0.29) is 0 Å². The van der Waals surface area contributed by atoms with Gasteiger partial charge in [0.25, 0.3) is 0 Å². The van der Waals surface area contributed by atoms with Crippen LogP contribution in [0.15, 0.2) is 42.5 Å². The monoisotopic (exact) mass is 197 g/mol. The molecule has 0 unspecified atom stereocenters. The van der Waals surface area contributed by atoms with E-state index in [1.54, 1.807) is 12.1 Å². The van der Waals surface area contributed by atoms with Crippen molar-refractivity contribution in [2.45, 2.75) is 0 Å². The molecule has 3 aromatic rings. The summed E-state index contributed by atoms with van der Waals surface area (Å²) in [5.74, 6) is 0.313. The third-order valence-corrected chi connectivity index (χ3v) is 2.90. The molecule has 0 radical (unpaired) electrons. The summed E-state index contributed by atoms with van der Waals surface area (Å²) in [4.78, 5) is 0. The average Bonchev–Trinajstić information content (AvgIpc) is 2.54. The number of hydrogen-bond donors (Lipinski definition) is 1. The molecule has 1 N–H and O–H groups in total. The van der Waals surface area contributed by atoms with Crippen LogP contribution in [0.2, 0.25) is 0 Å². The van der Waals surface area contributed by atoms with Crippen LogP contribution in [0.4, 0.5) is 0 Å². The Morgan fingerprint density at radius 2 is 1.67 bits per heavy atom. The number of benzene rings is 2. The maximum atomic E-state index is 9.47. The molecule has 0 atom stereocenters. The van der Waals surface area contributed by atoms with Crippen molar-refractivity contribution in [2.24, 2.45) is 7.05 Å². The highest BCUT2D eigenvalue weighted by molar-refractivity contribution is 6.08. The van der Waals surface area contributed by atoms with E-state index in [9.17, 15) is 5.11 Å². The number of nitrogens with zero attached hydrogens (tertiary/aromatic N) is 1. The predicted molar refractivity (Wildman–Crippen MR) is 62.1 cm³/mol. The maximum Gasteiger partial charge on any atom is 0.117 e. The van der Waals surface area contributed by atoms with Crippen molar-refractivity contribution in [1.29, 1.82) is 0 Å². The van der Waals surface area contributed by atoms with Gasteiger partial charge in [-0.15, -0.1) is 0 Å². The van der Waals surface area contributed by atoms with Crippen molar-refractivity contribution in [3.8, 4) is 5.75 Å². The molecule has 1 aromatic heterocycles. The lowest BCUT2D eigenvalue weighted by atomic mass is 10.1. The normalized spacial score (nSPS) is 11.3. The second kappa shape index (κ2) is 2.76. The first-order valence-corrected chi connectivity index (χ1v) is 4.93. The van der Waals surface area contributed by atoms with Crippen LogP contribution in [-0.2, 0) is 7.05 Å². The predicted octanol–water partition coefficient (Wildman–Crippen LogP) is 3.04. The second-order valence-electron chi connectivity index (χ2n) is 3.78. The molecule has 0 saturated heterocycles. The van der Waals surface area contributed by atoms with Gasteiger partial charge in [0.05, 0.1) is 5.52 Å². The van der Waals surface area contributed by atoms with Gasteiger partial charge >= 0.3 is 0 Å². The minimum atomic E-state index is 0.313. The summed E-state index contributed by atoms with van der Waals surface area (Å²) < 4.78 is 2.10. The van der Waals surface area contributed by atoms with Crippen LogP contribution in [0.1, 0.15) is 0 Å². The molecule has 2 heteroatoms. The van der Waals surface area contributed by atoms with Crippen LogP contribution in [-0.4, -0.2) is 9.67 Å². The lowest BCUT2D eigenvalue weighted by molar-refractivity contribution is 0.476. The molecule has 0 saturated carbocycles. The number of hydrogen-bond acceptors (Lipinski definition) is 1. The van der Waals surface area contributed by atoms with Crippen LogP contribution in [0, 0.1) is 0 Å². The molecular weight excluding hydrogens is 186 g/mol. The zero-order valence-electron chi connectivity index (χ0n) is 8.44. The molecule has 0 fully saturated rings. The van der Waals surface area contributed by atoms with Gasteiger partial charge in [-0.25, -0.2) is 0 Å². The molecule has 0 aliphatic rings. The Kier molecular flexibility index (Phi) is 1.54. The van der Waals surface area contributed by atoms with E-state index >= 15 is 0 Å². The molecule has 0 aliphatic carbocycles. The molecule has 2 nitrogen and oxygen atoms in total. The SMILES string of the molecule is Cn1c2ccccc2c2ccc(O)cc21. The molecule has 74 valence electrons. The third kappa shape index (κ3) is 1.05. The first kappa shape index (κ1) is 8.36. The van der Waals surface area contributed by atoms with Crippen molar-refractivity contribution in [1.82, 2.24) is 4.57 Å². The smallest absolute Gasteiger partial charge is 0.117 e. The lowest BCUT2D eigenvalue weighted by Crippen LogP contribution is -1.85. The molecule has 0 aliphatic heterocycles. The molecule has 3 rings (SSSR count). The summed E-state index contributed by atoms with van der Waals surface area (Å²) in [5.41, 5.74) is 2.26. The molecular formula is C13H11NO. The zero-order valence-corrected chi connectivity index (χ0v) is 8.44. The molecule has 0 spiro atoms. The van der Waals surface area contributed by atoms with Gasteiger partial charge in [0.2, 0.25) is 0 Å². The van der Waals surface area contributed by atoms with Crippen molar-refractivity contribution in [3.05, 3.63) is 42.5 Å². The minimum Gasteiger partial charge on any atom is -0.508 e. The Balaban J connectivity index is 2.63. The first-order valence-electron chi connectivity index (χ1n) is 4.93. The Bertz CT molecular complexity index is 652. The van der Waals surface area contributed by atoms with Gasteiger partial charge in [-0.3, -0.25) is 0 Å². The standard InChI is InChI=1S/C13H11NO/c1-14-12-5-3-2-4-10(12)11-7-6-9(15)8-13(11)14/h2-8,15H,1H3. The quantitative estimate of drug-likeness (QED) is 0.588. The second-order valence-corrected chi connectivity index (χ2v) is 3.78. The summed E-state index contributed by atoms with van der Waals surface area (Å²) in [7, 11) is 2.02. The van der Waals surface area contributed by atoms with Crippen LogP contribution in [0.25, 0.3) is 21.8 Å². The van der Waals surface area contributed by atoms with Crippen molar-refractivity contribution >= 4 is 21.8 Å². The van der Waals surface area contributed by atoms with Crippen LogP contribution >= 0.6 is 0 Å². The number of fused-ring (bicyclic) bond motifs is 3. The molecule has 2 aromatic carbocycles. The number of aromatic nitrogens is 1. The molecule has 0 bridgehead atoms. The molecule has 1 heterocycles. The Morgan fingerprint density at radius 3 is 2.53 bits per heavy atom. The number of para-hydroxylation sites is 1. The maximum absolute atomic E-state index is 9.47. The Hall–Kier alpha value is -1.96. The van der Waals surface area contributed by atoms with Gasteiger partial charge in [-0.1, -0.05) is 18.2 Å². The van der Waals surface area contributed by atoms with Gasteiger partial charge in [0, 0.05) is 29.4 Å². The fourth-order valence-electron chi connectivity index (χ4n) is 2.15. The highest BCUT2D eigenvalue weighted by Gasteiger charge is 2.06. The van der Waals surface area contributed by atoms with E-state index < -0.39 is 0 Å². The number of rotatable bonds is 0. The van der Waals surface area contributed by atoms with E-state index in [2.05, 4.69) is 16.7 Å². The Morgan fingerprint density at radius 1 is 0.933 bits per heavy atom. The first-order chi connectivity index (χ1) is 7.27. The van der Waals surface area contributed by atoms with Gasteiger partial charge in [0.1, 0.15) is 5.75 Å². The van der Waals surface area contributed by atoms with Crippen LogP contribution < -0.4 is 0 Å². The van der Waals surface area contributed by atoms with Crippen LogP contribution in [0.3, 0.4) is 0 Å². The number of phenolic OH excluding ortho intramolecular Hbond substituents is 1. The van der Waals surface area contributed by atoms with Gasteiger partial charge in [0.15, 0.2) is 0 Å². The molecule has 0 amide bonds. The third-order valence-electron chi connectivity index (χ3n) is 2.90. The topological polar surface area (TPSA) is 25.2 Å². The van der Waals surface area contributed by atoms with E-state index in [0.29, 0.717) is 5.75 Å².